The van der Waals surface area contributed by atoms with E-state index in [9.17, 15) is 13.2 Å². The highest BCUT2D eigenvalue weighted by molar-refractivity contribution is 7.91. The second kappa shape index (κ2) is 5.32. The Labute approximate surface area is 124 Å². The van der Waals surface area contributed by atoms with Crippen molar-refractivity contribution in [2.24, 2.45) is 0 Å². The van der Waals surface area contributed by atoms with Crippen LogP contribution in [-0.4, -0.2) is 42.4 Å². The molecule has 1 amide bonds. The standard InChI is InChI=1S/C13H21N3O4S/c1-5-20-12(17)14-11-9(2)15-16(10(11)3)13(4)6-7-21(18,19)8-13/h5-8H2,1-4H3,(H,14,17). The van der Waals surface area contributed by atoms with Crippen molar-refractivity contribution in [2.75, 3.05) is 23.4 Å². The van der Waals surface area contributed by atoms with Gasteiger partial charge in [-0.15, -0.1) is 0 Å². The minimum absolute atomic E-state index is 0.0702. The van der Waals surface area contributed by atoms with Crippen LogP contribution >= 0.6 is 0 Å². The Morgan fingerprint density at radius 2 is 2.14 bits per heavy atom. The zero-order chi connectivity index (χ0) is 15.8. The van der Waals surface area contributed by atoms with E-state index in [-0.39, 0.29) is 18.1 Å². The number of nitrogens with one attached hydrogen (secondary N) is 1. The summed E-state index contributed by atoms with van der Waals surface area (Å²) in [5.74, 6) is 0.239. The molecule has 21 heavy (non-hydrogen) atoms. The van der Waals surface area contributed by atoms with Gasteiger partial charge in [-0.3, -0.25) is 10.00 Å². The lowest BCUT2D eigenvalue weighted by Crippen LogP contribution is -2.33. The number of sulfone groups is 1. The Bertz CT molecular complexity index is 665. The van der Waals surface area contributed by atoms with E-state index in [1.165, 1.54) is 0 Å². The van der Waals surface area contributed by atoms with E-state index in [2.05, 4.69) is 10.4 Å². The fraction of sp³-hybridized carbons (Fsp3) is 0.692. The highest BCUT2D eigenvalue weighted by atomic mass is 32.2. The average Bonchev–Trinajstić information content (AvgIpc) is 2.81. The topological polar surface area (TPSA) is 90.3 Å². The maximum atomic E-state index is 11.8. The van der Waals surface area contributed by atoms with Gasteiger partial charge in [-0.25, -0.2) is 13.2 Å². The normalized spacial score (nSPS) is 24.0. The first-order valence-corrected chi connectivity index (χ1v) is 8.71. The molecular formula is C13H21N3O4S. The fourth-order valence-corrected chi connectivity index (χ4v) is 4.89. The van der Waals surface area contributed by atoms with Gasteiger partial charge in [-0.1, -0.05) is 0 Å². The molecule has 1 N–H and O–H groups in total. The van der Waals surface area contributed by atoms with Crippen molar-refractivity contribution < 1.29 is 17.9 Å². The summed E-state index contributed by atoms with van der Waals surface area (Å²) in [5, 5.41) is 7.09. The summed E-state index contributed by atoms with van der Waals surface area (Å²) >= 11 is 0. The smallest absolute Gasteiger partial charge is 0.411 e. The van der Waals surface area contributed by atoms with Gasteiger partial charge in [0.25, 0.3) is 0 Å². The molecule has 118 valence electrons. The second-order valence-corrected chi connectivity index (χ2v) is 7.83. The summed E-state index contributed by atoms with van der Waals surface area (Å²) in [4.78, 5) is 11.6. The van der Waals surface area contributed by atoms with Crippen molar-refractivity contribution in [1.29, 1.82) is 0 Å². The molecule has 1 aromatic rings. The van der Waals surface area contributed by atoms with Gasteiger partial charge in [0.05, 0.1) is 40.7 Å². The summed E-state index contributed by atoms with van der Waals surface area (Å²) in [6.07, 6.45) is -0.0108. The first-order valence-electron chi connectivity index (χ1n) is 6.89. The number of ether oxygens (including phenoxy) is 1. The van der Waals surface area contributed by atoms with E-state index in [0.717, 1.165) is 5.69 Å². The van der Waals surface area contributed by atoms with Crippen LogP contribution in [0, 0.1) is 13.8 Å². The number of hydrogen-bond donors (Lipinski definition) is 1. The van der Waals surface area contributed by atoms with Crippen LogP contribution in [0.25, 0.3) is 0 Å². The summed E-state index contributed by atoms with van der Waals surface area (Å²) < 4.78 is 30.1. The summed E-state index contributed by atoms with van der Waals surface area (Å²) in [6.45, 7) is 7.49. The van der Waals surface area contributed by atoms with Crippen molar-refractivity contribution in [1.82, 2.24) is 9.78 Å². The third-order valence-electron chi connectivity index (χ3n) is 3.79. The molecule has 1 aliphatic rings. The molecule has 1 fully saturated rings. The predicted octanol–water partition coefficient (Wildman–Crippen LogP) is 1.60. The van der Waals surface area contributed by atoms with Gasteiger partial charge in [0, 0.05) is 0 Å². The highest BCUT2D eigenvalue weighted by Gasteiger charge is 2.42. The van der Waals surface area contributed by atoms with Crippen LogP contribution in [0.1, 0.15) is 31.7 Å². The SMILES string of the molecule is CCOC(=O)Nc1c(C)nn(C2(C)CCS(=O)(=O)C2)c1C. The second-order valence-electron chi connectivity index (χ2n) is 5.64. The van der Waals surface area contributed by atoms with E-state index in [4.69, 9.17) is 4.74 Å². The van der Waals surface area contributed by atoms with E-state index in [1.807, 2.05) is 13.8 Å². The van der Waals surface area contributed by atoms with E-state index in [0.29, 0.717) is 17.8 Å². The number of aromatic nitrogens is 2. The largest absolute Gasteiger partial charge is 0.450 e. The lowest BCUT2D eigenvalue weighted by atomic mass is 10.0. The molecule has 7 nitrogen and oxygen atoms in total. The van der Waals surface area contributed by atoms with Crippen molar-refractivity contribution in [3.63, 3.8) is 0 Å². The van der Waals surface area contributed by atoms with Crippen molar-refractivity contribution in [2.45, 2.75) is 39.7 Å². The number of rotatable bonds is 3. The zero-order valence-electron chi connectivity index (χ0n) is 12.8. The van der Waals surface area contributed by atoms with Gasteiger partial charge in [0.15, 0.2) is 9.84 Å². The highest BCUT2D eigenvalue weighted by Crippen LogP contribution is 2.34. The van der Waals surface area contributed by atoms with Crippen LogP contribution in [0.5, 0.6) is 0 Å². The van der Waals surface area contributed by atoms with Gasteiger partial charge in [-0.05, 0) is 34.1 Å². The van der Waals surface area contributed by atoms with E-state index < -0.39 is 21.5 Å². The zero-order valence-corrected chi connectivity index (χ0v) is 13.6. The first-order chi connectivity index (χ1) is 9.68. The molecule has 2 rings (SSSR count). The van der Waals surface area contributed by atoms with Crippen LogP contribution in [-0.2, 0) is 20.1 Å². The Morgan fingerprint density at radius 1 is 1.48 bits per heavy atom. The van der Waals surface area contributed by atoms with E-state index >= 15 is 0 Å². The van der Waals surface area contributed by atoms with Gasteiger partial charge in [0.1, 0.15) is 0 Å². The number of carbonyl (C=O) groups excluding carboxylic acids is 1. The Hall–Kier alpha value is -1.57. The Balaban J connectivity index is 2.33. The molecule has 0 saturated carbocycles. The Morgan fingerprint density at radius 3 is 2.67 bits per heavy atom. The maximum absolute atomic E-state index is 11.8. The molecule has 1 aliphatic heterocycles. The lowest BCUT2D eigenvalue weighted by Gasteiger charge is -2.24. The molecule has 1 aromatic heterocycles. The number of amides is 1. The summed E-state index contributed by atoms with van der Waals surface area (Å²) in [7, 11) is -3.03. The number of carbonyl (C=O) groups is 1. The minimum atomic E-state index is -3.03. The monoisotopic (exact) mass is 315 g/mol. The molecule has 0 spiro atoms. The number of aryl methyl sites for hydroxylation is 1. The minimum Gasteiger partial charge on any atom is -0.450 e. The first kappa shape index (κ1) is 15.8. The Kier molecular flexibility index (Phi) is 4.01. The van der Waals surface area contributed by atoms with E-state index in [1.54, 1.807) is 18.5 Å². The van der Waals surface area contributed by atoms with Crippen LogP contribution in [0.15, 0.2) is 0 Å². The third-order valence-corrected chi connectivity index (χ3v) is 5.68. The molecule has 0 radical (unpaired) electrons. The molecule has 1 unspecified atom stereocenters. The van der Waals surface area contributed by atoms with Crippen LogP contribution < -0.4 is 5.32 Å². The van der Waals surface area contributed by atoms with Gasteiger partial charge in [0.2, 0.25) is 0 Å². The molecule has 0 aromatic carbocycles. The summed E-state index contributed by atoms with van der Waals surface area (Å²) in [6, 6.07) is 0. The van der Waals surface area contributed by atoms with Crippen LogP contribution in [0.2, 0.25) is 0 Å². The molecule has 2 heterocycles. The molecule has 1 atom stereocenters. The molecule has 0 bridgehead atoms. The molecule has 1 saturated heterocycles. The molecule has 8 heteroatoms. The quantitative estimate of drug-likeness (QED) is 0.915. The third kappa shape index (κ3) is 3.04. The van der Waals surface area contributed by atoms with Gasteiger partial charge < -0.3 is 4.74 Å². The number of nitrogens with zero attached hydrogens (tertiary/aromatic N) is 2. The van der Waals surface area contributed by atoms with Crippen LogP contribution in [0.4, 0.5) is 10.5 Å². The number of hydrogen-bond acceptors (Lipinski definition) is 5. The maximum Gasteiger partial charge on any atom is 0.411 e. The average molecular weight is 315 g/mol. The van der Waals surface area contributed by atoms with Crippen molar-refractivity contribution in [3.05, 3.63) is 11.4 Å². The van der Waals surface area contributed by atoms with Gasteiger partial charge >= 0.3 is 6.09 Å². The predicted molar refractivity (Wildman–Crippen MR) is 79.3 cm³/mol. The molecule has 0 aliphatic carbocycles. The van der Waals surface area contributed by atoms with Crippen molar-refractivity contribution >= 4 is 21.6 Å². The number of anilines is 1. The molecular weight excluding hydrogens is 294 g/mol. The summed E-state index contributed by atoms with van der Waals surface area (Å²) in [5.41, 5.74) is 1.40. The fourth-order valence-electron chi connectivity index (χ4n) is 2.78. The lowest BCUT2D eigenvalue weighted by molar-refractivity contribution is 0.168. The van der Waals surface area contributed by atoms with Crippen molar-refractivity contribution in [3.8, 4) is 0 Å². The van der Waals surface area contributed by atoms with Crippen LogP contribution in [0.3, 0.4) is 0 Å². The van der Waals surface area contributed by atoms with Gasteiger partial charge in [-0.2, -0.15) is 5.10 Å².